The summed E-state index contributed by atoms with van der Waals surface area (Å²) in [4.78, 5) is 25.4. The normalized spacial score (nSPS) is 11.8. The molecular weight excluding hydrogens is 276 g/mol. The second kappa shape index (κ2) is 7.79. The summed E-state index contributed by atoms with van der Waals surface area (Å²) in [5.74, 6) is -1.02. The lowest BCUT2D eigenvalue weighted by Gasteiger charge is -2.21. The van der Waals surface area contributed by atoms with Crippen LogP contribution in [0.25, 0.3) is 0 Å². The molecule has 0 heterocycles. The van der Waals surface area contributed by atoms with E-state index >= 15 is 0 Å². The van der Waals surface area contributed by atoms with Crippen LogP contribution >= 0.6 is 11.8 Å². The topological polar surface area (TPSA) is 69.6 Å². The molecule has 5 nitrogen and oxygen atoms in total. The minimum atomic E-state index is -1.02. The average molecular weight is 296 g/mol. The van der Waals surface area contributed by atoms with Gasteiger partial charge in [-0.15, -0.1) is 11.8 Å². The van der Waals surface area contributed by atoms with Crippen LogP contribution in [-0.2, 0) is 11.3 Å². The van der Waals surface area contributed by atoms with Crippen LogP contribution < -0.4 is 5.32 Å². The molecule has 0 aliphatic heterocycles. The van der Waals surface area contributed by atoms with E-state index in [1.165, 1.54) is 4.90 Å². The highest BCUT2D eigenvalue weighted by atomic mass is 32.2. The van der Waals surface area contributed by atoms with Crippen molar-refractivity contribution in [3.8, 4) is 0 Å². The maximum absolute atomic E-state index is 11.9. The highest BCUT2D eigenvalue weighted by molar-refractivity contribution is 7.98. The molecule has 0 spiro atoms. The summed E-state index contributed by atoms with van der Waals surface area (Å²) in [6.07, 6.45) is 2.35. The van der Waals surface area contributed by atoms with Gasteiger partial charge in [-0.05, 0) is 30.4 Å². The maximum atomic E-state index is 11.9. The zero-order chi connectivity index (χ0) is 15.1. The zero-order valence-corrected chi connectivity index (χ0v) is 12.7. The van der Waals surface area contributed by atoms with E-state index in [1.54, 1.807) is 25.7 Å². The largest absolute Gasteiger partial charge is 0.480 e. The molecule has 2 N–H and O–H groups in total. The van der Waals surface area contributed by atoms with Gasteiger partial charge in [0.2, 0.25) is 0 Å². The Hall–Kier alpha value is -1.69. The molecule has 0 saturated heterocycles. The third kappa shape index (κ3) is 4.77. The summed E-state index contributed by atoms with van der Waals surface area (Å²) < 4.78 is 0. The van der Waals surface area contributed by atoms with E-state index in [9.17, 15) is 9.59 Å². The van der Waals surface area contributed by atoms with Crippen molar-refractivity contribution in [1.82, 2.24) is 10.2 Å². The minimum absolute atomic E-state index is 0.358. The van der Waals surface area contributed by atoms with Gasteiger partial charge in [0.1, 0.15) is 6.04 Å². The van der Waals surface area contributed by atoms with Crippen molar-refractivity contribution in [3.63, 3.8) is 0 Å². The lowest BCUT2D eigenvalue weighted by atomic mass is 10.2. The van der Waals surface area contributed by atoms with E-state index < -0.39 is 12.0 Å². The first-order valence-corrected chi connectivity index (χ1v) is 7.57. The first-order valence-electron chi connectivity index (χ1n) is 6.35. The molecule has 1 aromatic rings. The Morgan fingerprint density at radius 1 is 1.45 bits per heavy atom. The van der Waals surface area contributed by atoms with Crippen molar-refractivity contribution >= 4 is 23.8 Å². The number of hydrogen-bond acceptors (Lipinski definition) is 3. The second-order valence-corrected chi connectivity index (χ2v) is 5.34. The molecule has 0 aliphatic carbocycles. The minimum Gasteiger partial charge on any atom is -0.480 e. The van der Waals surface area contributed by atoms with Crippen LogP contribution in [0.3, 0.4) is 0 Å². The predicted octanol–water partition coefficient (Wildman–Crippen LogP) is 2.41. The van der Waals surface area contributed by atoms with Gasteiger partial charge in [0, 0.05) is 18.5 Å². The number of urea groups is 1. The smallest absolute Gasteiger partial charge is 0.326 e. The Kier molecular flexibility index (Phi) is 6.38. The Morgan fingerprint density at radius 2 is 2.15 bits per heavy atom. The van der Waals surface area contributed by atoms with Crippen LogP contribution in [0.1, 0.15) is 18.9 Å². The van der Waals surface area contributed by atoms with Crippen molar-refractivity contribution in [2.45, 2.75) is 30.8 Å². The van der Waals surface area contributed by atoms with Gasteiger partial charge in [-0.2, -0.15) is 0 Å². The van der Waals surface area contributed by atoms with E-state index in [4.69, 9.17) is 5.11 Å². The van der Waals surface area contributed by atoms with Crippen molar-refractivity contribution in [3.05, 3.63) is 29.8 Å². The molecular formula is C14H20N2O3S. The number of thioether (sulfide) groups is 1. The molecule has 6 heteroatoms. The van der Waals surface area contributed by atoms with E-state index in [2.05, 4.69) is 5.32 Å². The van der Waals surface area contributed by atoms with Gasteiger partial charge < -0.3 is 15.3 Å². The molecule has 0 saturated carbocycles. The van der Waals surface area contributed by atoms with Crippen LogP contribution in [0.5, 0.6) is 0 Å². The van der Waals surface area contributed by atoms with Gasteiger partial charge in [0.05, 0.1) is 0 Å². The van der Waals surface area contributed by atoms with Gasteiger partial charge in [0.25, 0.3) is 0 Å². The quantitative estimate of drug-likeness (QED) is 0.791. The highest BCUT2D eigenvalue weighted by Crippen LogP contribution is 2.16. The Morgan fingerprint density at radius 3 is 2.70 bits per heavy atom. The average Bonchev–Trinajstić information content (AvgIpc) is 2.44. The molecule has 0 aliphatic rings. The van der Waals surface area contributed by atoms with Gasteiger partial charge >= 0.3 is 12.0 Å². The number of benzene rings is 1. The molecule has 1 aromatic carbocycles. The molecule has 110 valence electrons. The van der Waals surface area contributed by atoms with Crippen LogP contribution in [0, 0.1) is 0 Å². The summed E-state index contributed by atoms with van der Waals surface area (Å²) in [6.45, 7) is 2.16. The van der Waals surface area contributed by atoms with E-state index in [1.807, 2.05) is 30.5 Å². The maximum Gasteiger partial charge on any atom is 0.326 e. The number of carboxylic acids is 1. The number of aliphatic carboxylic acids is 1. The molecule has 1 atom stereocenters. The molecule has 0 bridgehead atoms. The SMILES string of the molecule is CC[C@@H](NC(=O)N(C)Cc1cccc(SC)c1)C(=O)O. The summed E-state index contributed by atoms with van der Waals surface area (Å²) in [7, 11) is 1.65. The first kappa shape index (κ1) is 16.4. The monoisotopic (exact) mass is 296 g/mol. The summed E-state index contributed by atoms with van der Waals surface area (Å²) in [6, 6.07) is 6.68. The van der Waals surface area contributed by atoms with Crippen molar-refractivity contribution in [1.29, 1.82) is 0 Å². The molecule has 1 rings (SSSR count). The Bertz CT molecular complexity index is 479. The summed E-state index contributed by atoms with van der Waals surface area (Å²) >= 11 is 1.64. The number of nitrogens with one attached hydrogen (secondary N) is 1. The van der Waals surface area contributed by atoms with Crippen LogP contribution in [0.15, 0.2) is 29.2 Å². The van der Waals surface area contributed by atoms with Crippen LogP contribution in [-0.4, -0.2) is 41.4 Å². The molecule has 20 heavy (non-hydrogen) atoms. The number of amides is 2. The number of rotatable bonds is 6. The molecule has 0 unspecified atom stereocenters. The van der Waals surface area contributed by atoms with E-state index in [-0.39, 0.29) is 6.03 Å². The highest BCUT2D eigenvalue weighted by Gasteiger charge is 2.19. The van der Waals surface area contributed by atoms with Crippen LogP contribution in [0.4, 0.5) is 4.79 Å². The lowest BCUT2D eigenvalue weighted by molar-refractivity contribution is -0.139. The Labute approximate surface area is 123 Å². The summed E-state index contributed by atoms with van der Waals surface area (Å²) in [5, 5.41) is 11.4. The van der Waals surface area contributed by atoms with E-state index in [0.717, 1.165) is 10.5 Å². The standard InChI is InChI=1S/C14H20N2O3S/c1-4-12(13(17)18)15-14(19)16(2)9-10-6-5-7-11(8-10)20-3/h5-8,12H,4,9H2,1-3H3,(H,15,19)(H,17,18)/t12-/m1/s1. The van der Waals surface area contributed by atoms with Crippen molar-refractivity contribution in [2.24, 2.45) is 0 Å². The first-order chi connectivity index (χ1) is 9.47. The van der Waals surface area contributed by atoms with Crippen molar-refractivity contribution < 1.29 is 14.7 Å². The number of nitrogens with zero attached hydrogens (tertiary/aromatic N) is 1. The third-order valence-electron chi connectivity index (χ3n) is 2.90. The second-order valence-electron chi connectivity index (χ2n) is 4.46. The van der Waals surface area contributed by atoms with Crippen LogP contribution in [0.2, 0.25) is 0 Å². The molecule has 0 radical (unpaired) electrons. The number of carboxylic acid groups (broad SMARTS) is 1. The zero-order valence-electron chi connectivity index (χ0n) is 11.9. The van der Waals surface area contributed by atoms with Gasteiger partial charge in [-0.3, -0.25) is 0 Å². The number of carbonyl (C=O) groups excluding carboxylic acids is 1. The number of hydrogen-bond donors (Lipinski definition) is 2. The predicted molar refractivity (Wildman–Crippen MR) is 79.9 cm³/mol. The Balaban J connectivity index is 2.63. The number of carbonyl (C=O) groups is 2. The third-order valence-corrected chi connectivity index (χ3v) is 3.63. The van der Waals surface area contributed by atoms with Gasteiger partial charge in [-0.25, -0.2) is 9.59 Å². The van der Waals surface area contributed by atoms with Gasteiger partial charge in [-0.1, -0.05) is 19.1 Å². The summed E-state index contributed by atoms with van der Waals surface area (Å²) in [5.41, 5.74) is 1.01. The molecule has 0 fully saturated rings. The van der Waals surface area contributed by atoms with E-state index in [0.29, 0.717) is 13.0 Å². The molecule has 0 aromatic heterocycles. The molecule has 2 amide bonds. The lowest BCUT2D eigenvalue weighted by Crippen LogP contribution is -2.46. The fourth-order valence-electron chi connectivity index (χ4n) is 1.71. The van der Waals surface area contributed by atoms with Gasteiger partial charge in [0.15, 0.2) is 0 Å². The van der Waals surface area contributed by atoms with Crippen molar-refractivity contribution in [2.75, 3.05) is 13.3 Å². The fraction of sp³-hybridized carbons (Fsp3) is 0.429. The fourth-order valence-corrected chi connectivity index (χ4v) is 2.20.